The average molecular weight is 377 g/mol. The van der Waals surface area contributed by atoms with Gasteiger partial charge in [0.1, 0.15) is 5.25 Å². The minimum absolute atomic E-state index is 0.0239. The van der Waals surface area contributed by atoms with Crippen molar-refractivity contribution in [2.45, 2.75) is 18.1 Å². The van der Waals surface area contributed by atoms with Crippen LogP contribution in [0.15, 0.2) is 30.3 Å². The number of thioether (sulfide) groups is 1. The molecule has 1 aromatic carbocycles. The van der Waals surface area contributed by atoms with Crippen molar-refractivity contribution < 1.29 is 19.1 Å². The first kappa shape index (κ1) is 18.9. The van der Waals surface area contributed by atoms with Gasteiger partial charge < -0.3 is 10.1 Å². The molecule has 1 atom stereocenters. The summed E-state index contributed by atoms with van der Waals surface area (Å²) in [5, 5.41) is 1.87. The van der Waals surface area contributed by atoms with Crippen LogP contribution >= 0.6 is 11.8 Å². The smallest absolute Gasteiger partial charge is 0.293 e. The molecule has 0 bridgehead atoms. The lowest BCUT2D eigenvalue weighted by molar-refractivity contribution is -0.124. The van der Waals surface area contributed by atoms with Gasteiger partial charge in [0, 0.05) is 26.1 Å². The summed E-state index contributed by atoms with van der Waals surface area (Å²) in [4.78, 5) is 40.2. The molecule has 26 heavy (non-hydrogen) atoms. The zero-order valence-corrected chi connectivity index (χ0v) is 15.4. The van der Waals surface area contributed by atoms with E-state index in [1.54, 1.807) is 24.3 Å². The lowest BCUT2D eigenvalue weighted by Gasteiger charge is -2.26. The van der Waals surface area contributed by atoms with Crippen molar-refractivity contribution in [1.82, 2.24) is 10.2 Å². The number of morpholine rings is 1. The van der Waals surface area contributed by atoms with E-state index in [9.17, 15) is 14.4 Å². The van der Waals surface area contributed by atoms with E-state index in [1.165, 1.54) is 0 Å². The van der Waals surface area contributed by atoms with Crippen molar-refractivity contribution in [3.63, 3.8) is 0 Å². The van der Waals surface area contributed by atoms with Gasteiger partial charge in [-0.3, -0.25) is 19.3 Å². The normalized spacial score (nSPS) is 21.2. The van der Waals surface area contributed by atoms with Crippen LogP contribution in [0.25, 0.3) is 0 Å². The highest BCUT2D eigenvalue weighted by atomic mass is 32.2. The van der Waals surface area contributed by atoms with Crippen LogP contribution in [0.1, 0.15) is 12.8 Å². The summed E-state index contributed by atoms with van der Waals surface area (Å²) >= 11 is 0.921. The van der Waals surface area contributed by atoms with E-state index in [4.69, 9.17) is 4.74 Å². The third kappa shape index (κ3) is 4.84. The fourth-order valence-corrected chi connectivity index (χ4v) is 3.98. The highest BCUT2D eigenvalue weighted by Gasteiger charge is 2.41. The van der Waals surface area contributed by atoms with Crippen LogP contribution in [0.2, 0.25) is 0 Å². The van der Waals surface area contributed by atoms with Crippen LogP contribution in [-0.4, -0.2) is 66.6 Å². The number of hydrogen-bond donors (Lipinski definition) is 1. The van der Waals surface area contributed by atoms with E-state index in [1.807, 2.05) is 6.07 Å². The zero-order valence-electron chi connectivity index (χ0n) is 14.6. The molecule has 7 nitrogen and oxygen atoms in total. The maximum absolute atomic E-state index is 12.5. The molecule has 1 aromatic rings. The molecular formula is C18H23N3O4S. The van der Waals surface area contributed by atoms with Gasteiger partial charge in [0.15, 0.2) is 0 Å². The number of rotatable bonds is 7. The molecule has 2 aliphatic rings. The third-order valence-electron chi connectivity index (χ3n) is 4.38. The monoisotopic (exact) mass is 377 g/mol. The maximum Gasteiger partial charge on any atom is 0.293 e. The number of carbonyl (C=O) groups excluding carboxylic acids is 3. The van der Waals surface area contributed by atoms with Gasteiger partial charge in [-0.1, -0.05) is 18.2 Å². The highest BCUT2D eigenvalue weighted by Crippen LogP contribution is 2.33. The molecule has 3 rings (SSSR count). The lowest BCUT2D eigenvalue weighted by atomic mass is 10.2. The molecule has 2 aliphatic heterocycles. The van der Waals surface area contributed by atoms with E-state index in [2.05, 4.69) is 10.2 Å². The van der Waals surface area contributed by atoms with E-state index in [0.717, 1.165) is 55.9 Å². The molecule has 0 unspecified atom stereocenters. The van der Waals surface area contributed by atoms with Crippen LogP contribution in [0, 0.1) is 0 Å². The van der Waals surface area contributed by atoms with Gasteiger partial charge in [-0.05, 0) is 36.9 Å². The summed E-state index contributed by atoms with van der Waals surface area (Å²) < 4.78 is 5.30. The Labute approximate surface area is 157 Å². The number of anilines is 1. The summed E-state index contributed by atoms with van der Waals surface area (Å²) in [5.41, 5.74) is 0.545. The van der Waals surface area contributed by atoms with Crippen molar-refractivity contribution in [3.8, 4) is 0 Å². The number of carbonyl (C=O) groups is 3. The number of nitrogens with zero attached hydrogens (tertiary/aromatic N) is 2. The van der Waals surface area contributed by atoms with Crippen LogP contribution in [0.3, 0.4) is 0 Å². The van der Waals surface area contributed by atoms with E-state index in [0.29, 0.717) is 12.2 Å². The number of hydrogen-bond acceptors (Lipinski definition) is 6. The molecule has 2 saturated heterocycles. The zero-order chi connectivity index (χ0) is 18.4. The highest BCUT2D eigenvalue weighted by molar-refractivity contribution is 8.15. The first-order valence-electron chi connectivity index (χ1n) is 8.81. The predicted octanol–water partition coefficient (Wildman–Crippen LogP) is 1.48. The molecule has 0 radical (unpaired) electrons. The van der Waals surface area contributed by atoms with Crippen molar-refractivity contribution in [1.29, 1.82) is 0 Å². The van der Waals surface area contributed by atoms with Crippen molar-refractivity contribution in [2.24, 2.45) is 0 Å². The summed E-state index contributed by atoms with van der Waals surface area (Å²) in [7, 11) is 0. The van der Waals surface area contributed by atoms with Crippen LogP contribution in [-0.2, 0) is 14.3 Å². The van der Waals surface area contributed by atoms with Gasteiger partial charge in [-0.15, -0.1) is 0 Å². The summed E-state index contributed by atoms with van der Waals surface area (Å²) in [6, 6.07) is 8.79. The number of amides is 3. The third-order valence-corrected chi connectivity index (χ3v) is 5.42. The minimum Gasteiger partial charge on any atom is -0.379 e. The van der Waals surface area contributed by atoms with E-state index < -0.39 is 5.25 Å². The Morgan fingerprint density at radius 3 is 2.65 bits per heavy atom. The number of nitrogens with one attached hydrogen (secondary N) is 1. The van der Waals surface area contributed by atoms with Crippen molar-refractivity contribution >= 4 is 34.5 Å². The second-order valence-electron chi connectivity index (χ2n) is 6.24. The Morgan fingerprint density at radius 2 is 1.92 bits per heavy atom. The second kappa shape index (κ2) is 9.16. The van der Waals surface area contributed by atoms with Crippen LogP contribution in [0.4, 0.5) is 10.5 Å². The molecule has 0 aliphatic carbocycles. The molecule has 3 amide bonds. The number of imide groups is 1. The fourth-order valence-electron chi connectivity index (χ4n) is 2.99. The Hall–Kier alpha value is -1.90. The second-order valence-corrected chi connectivity index (χ2v) is 7.40. The Morgan fingerprint density at radius 1 is 1.19 bits per heavy atom. The SMILES string of the molecule is O=C(C[C@@H]1SC(=O)N(c2ccccc2)C1=O)NCCCN1CCOCC1. The molecule has 2 heterocycles. The largest absolute Gasteiger partial charge is 0.379 e. The Bertz CT molecular complexity index is 649. The first-order chi connectivity index (χ1) is 12.6. The lowest BCUT2D eigenvalue weighted by Crippen LogP contribution is -2.38. The van der Waals surface area contributed by atoms with Gasteiger partial charge in [0.2, 0.25) is 11.8 Å². The molecule has 140 valence electrons. The van der Waals surface area contributed by atoms with Gasteiger partial charge in [0.05, 0.1) is 18.9 Å². The van der Waals surface area contributed by atoms with Gasteiger partial charge in [0.25, 0.3) is 5.24 Å². The van der Waals surface area contributed by atoms with Gasteiger partial charge in [-0.2, -0.15) is 0 Å². The van der Waals surface area contributed by atoms with E-state index in [-0.39, 0.29) is 23.5 Å². The molecule has 1 N–H and O–H groups in total. The standard InChI is InChI=1S/C18H23N3O4S/c22-16(19-7-4-8-20-9-11-25-12-10-20)13-15-17(23)21(18(24)26-15)14-5-2-1-3-6-14/h1-3,5-6,15H,4,7-13H2,(H,19,22)/t15-/m0/s1. The number of benzene rings is 1. The first-order valence-corrected chi connectivity index (χ1v) is 9.69. The average Bonchev–Trinajstić information content (AvgIpc) is 2.93. The maximum atomic E-state index is 12.5. The summed E-state index contributed by atoms with van der Waals surface area (Å²) in [6.45, 7) is 4.87. The van der Waals surface area contributed by atoms with Crippen LogP contribution < -0.4 is 10.2 Å². The minimum atomic E-state index is -0.651. The van der Waals surface area contributed by atoms with Crippen molar-refractivity contribution in [2.75, 3.05) is 44.3 Å². The summed E-state index contributed by atoms with van der Waals surface area (Å²) in [6.07, 6.45) is 0.878. The van der Waals surface area contributed by atoms with Gasteiger partial charge >= 0.3 is 0 Å². The molecule has 0 saturated carbocycles. The number of ether oxygens (including phenoxy) is 1. The topological polar surface area (TPSA) is 79.0 Å². The van der Waals surface area contributed by atoms with Crippen LogP contribution in [0.5, 0.6) is 0 Å². The Balaban J connectivity index is 1.41. The fraction of sp³-hybridized carbons (Fsp3) is 0.500. The van der Waals surface area contributed by atoms with E-state index >= 15 is 0 Å². The van der Waals surface area contributed by atoms with Gasteiger partial charge in [-0.25, -0.2) is 4.90 Å². The number of para-hydroxylation sites is 1. The predicted molar refractivity (Wildman–Crippen MR) is 100 cm³/mol. The summed E-state index contributed by atoms with van der Waals surface area (Å²) in [5.74, 6) is -0.518. The molecule has 8 heteroatoms. The molecule has 2 fully saturated rings. The molecule has 0 aromatic heterocycles. The Kier molecular flexibility index (Phi) is 6.65. The van der Waals surface area contributed by atoms with Crippen molar-refractivity contribution in [3.05, 3.63) is 30.3 Å². The molecule has 0 spiro atoms. The molecular weight excluding hydrogens is 354 g/mol. The quantitative estimate of drug-likeness (QED) is 0.725.